The smallest absolute Gasteiger partial charge is 0.140 e. The van der Waals surface area contributed by atoms with Crippen LogP contribution in [0.3, 0.4) is 0 Å². The summed E-state index contributed by atoms with van der Waals surface area (Å²) >= 11 is 0. The van der Waals surface area contributed by atoms with Gasteiger partial charge in [0.25, 0.3) is 0 Å². The van der Waals surface area contributed by atoms with Crippen molar-refractivity contribution < 1.29 is 4.74 Å². The third-order valence-electron chi connectivity index (χ3n) is 5.83. The van der Waals surface area contributed by atoms with Crippen LogP contribution in [0.15, 0.2) is 48.8 Å². The van der Waals surface area contributed by atoms with Crippen molar-refractivity contribution in [3.8, 4) is 17.0 Å². The first-order valence-electron chi connectivity index (χ1n) is 9.76. The largest absolute Gasteiger partial charge is 0.496 e. The van der Waals surface area contributed by atoms with Crippen molar-refractivity contribution in [2.75, 3.05) is 26.7 Å². The number of pyridine rings is 1. The summed E-state index contributed by atoms with van der Waals surface area (Å²) in [5.41, 5.74) is 10.2. The minimum atomic E-state index is 0.463. The van der Waals surface area contributed by atoms with Gasteiger partial charge in [-0.25, -0.2) is 4.98 Å². The summed E-state index contributed by atoms with van der Waals surface area (Å²) in [4.78, 5) is 7.49. The molecule has 0 amide bonds. The van der Waals surface area contributed by atoms with Crippen LogP contribution < -0.4 is 10.5 Å². The van der Waals surface area contributed by atoms with Gasteiger partial charge in [-0.3, -0.25) is 4.90 Å². The van der Waals surface area contributed by atoms with Crippen LogP contribution in [0.5, 0.6) is 5.75 Å². The van der Waals surface area contributed by atoms with Gasteiger partial charge in [-0.15, -0.1) is 0 Å². The highest BCUT2D eigenvalue weighted by atomic mass is 16.5. The van der Waals surface area contributed by atoms with E-state index < -0.39 is 0 Å². The summed E-state index contributed by atoms with van der Waals surface area (Å²) < 4.78 is 7.67. The third kappa shape index (κ3) is 3.45. The van der Waals surface area contributed by atoms with Crippen molar-refractivity contribution in [3.63, 3.8) is 0 Å². The Balaban J connectivity index is 1.65. The van der Waals surface area contributed by atoms with Gasteiger partial charge >= 0.3 is 0 Å². The first-order valence-corrected chi connectivity index (χ1v) is 9.76. The molecule has 2 N–H and O–H groups in total. The number of hydrogen-bond acceptors (Lipinski definition) is 4. The summed E-state index contributed by atoms with van der Waals surface area (Å²) in [6.07, 6.45) is 6.49. The van der Waals surface area contributed by atoms with Gasteiger partial charge in [-0.05, 0) is 62.5 Å². The van der Waals surface area contributed by atoms with E-state index in [1.165, 1.54) is 5.56 Å². The molecule has 0 spiro atoms. The van der Waals surface area contributed by atoms with E-state index in [1.807, 2.05) is 18.2 Å². The fourth-order valence-electron chi connectivity index (χ4n) is 4.14. The van der Waals surface area contributed by atoms with Crippen molar-refractivity contribution >= 4 is 5.65 Å². The van der Waals surface area contributed by atoms with Gasteiger partial charge < -0.3 is 14.9 Å². The number of methoxy groups -OCH3 is 1. The van der Waals surface area contributed by atoms with Gasteiger partial charge in [-0.2, -0.15) is 0 Å². The SMILES string of the molecule is COc1ccccc1-c1cn2cccc(C3CCN(C(C)CN)CC3)c2n1. The van der Waals surface area contributed by atoms with Crippen LogP contribution in [0.4, 0.5) is 0 Å². The van der Waals surface area contributed by atoms with Gasteiger partial charge in [0.1, 0.15) is 11.4 Å². The lowest BCUT2D eigenvalue weighted by atomic mass is 9.89. The molecule has 142 valence electrons. The van der Waals surface area contributed by atoms with Crippen LogP contribution in [-0.2, 0) is 0 Å². The quantitative estimate of drug-likeness (QED) is 0.752. The maximum atomic E-state index is 5.84. The summed E-state index contributed by atoms with van der Waals surface area (Å²) in [6.45, 7) is 5.15. The molecule has 0 saturated carbocycles. The maximum Gasteiger partial charge on any atom is 0.140 e. The Morgan fingerprint density at radius 1 is 1.19 bits per heavy atom. The molecule has 2 aromatic heterocycles. The van der Waals surface area contributed by atoms with Crippen LogP contribution in [0.25, 0.3) is 16.9 Å². The Bertz CT molecular complexity index is 912. The number of piperidine rings is 1. The van der Waals surface area contributed by atoms with Crippen molar-refractivity contribution in [2.24, 2.45) is 5.73 Å². The Hall–Kier alpha value is -2.37. The maximum absolute atomic E-state index is 5.84. The number of fused-ring (bicyclic) bond motifs is 1. The number of benzene rings is 1. The highest BCUT2D eigenvalue weighted by Gasteiger charge is 2.25. The zero-order valence-electron chi connectivity index (χ0n) is 16.1. The topological polar surface area (TPSA) is 55.8 Å². The molecule has 5 nitrogen and oxygen atoms in total. The summed E-state index contributed by atoms with van der Waals surface area (Å²) in [6, 6.07) is 12.9. The molecule has 1 atom stereocenters. The Morgan fingerprint density at radius 2 is 1.96 bits per heavy atom. The molecular formula is C22H28N4O. The minimum Gasteiger partial charge on any atom is -0.496 e. The van der Waals surface area contributed by atoms with Gasteiger partial charge in [0.15, 0.2) is 0 Å². The molecule has 27 heavy (non-hydrogen) atoms. The first-order chi connectivity index (χ1) is 13.2. The number of rotatable bonds is 5. The molecule has 1 aliphatic rings. The number of hydrogen-bond donors (Lipinski definition) is 1. The molecule has 3 aromatic rings. The van der Waals surface area contributed by atoms with Gasteiger partial charge in [-0.1, -0.05) is 18.2 Å². The second-order valence-electron chi connectivity index (χ2n) is 7.42. The monoisotopic (exact) mass is 364 g/mol. The van der Waals surface area contributed by atoms with Crippen molar-refractivity contribution in [2.45, 2.75) is 31.7 Å². The lowest BCUT2D eigenvalue weighted by Crippen LogP contribution is -2.43. The van der Waals surface area contributed by atoms with Gasteiger partial charge in [0.05, 0.1) is 12.8 Å². The fourth-order valence-corrected chi connectivity index (χ4v) is 4.14. The lowest BCUT2D eigenvalue weighted by molar-refractivity contribution is 0.165. The predicted molar refractivity (Wildman–Crippen MR) is 109 cm³/mol. The first kappa shape index (κ1) is 18.0. The number of nitrogens with two attached hydrogens (primary N) is 1. The van der Waals surface area contributed by atoms with E-state index in [1.54, 1.807) is 7.11 Å². The molecule has 0 aliphatic carbocycles. The molecule has 0 bridgehead atoms. The zero-order chi connectivity index (χ0) is 18.8. The molecule has 4 rings (SSSR count). The van der Waals surface area contributed by atoms with Crippen molar-refractivity contribution in [3.05, 3.63) is 54.4 Å². The van der Waals surface area contributed by atoms with Crippen LogP contribution in [0.2, 0.25) is 0 Å². The van der Waals surface area contributed by atoms with E-state index in [0.717, 1.165) is 55.1 Å². The van der Waals surface area contributed by atoms with Crippen LogP contribution in [0.1, 0.15) is 31.2 Å². The average molecular weight is 364 g/mol. The fraction of sp³-hybridized carbons (Fsp3) is 0.409. The summed E-state index contributed by atoms with van der Waals surface area (Å²) in [5.74, 6) is 1.40. The Morgan fingerprint density at radius 3 is 2.70 bits per heavy atom. The number of para-hydroxylation sites is 1. The molecular weight excluding hydrogens is 336 g/mol. The summed E-state index contributed by atoms with van der Waals surface area (Å²) in [5, 5.41) is 0. The van der Waals surface area contributed by atoms with E-state index in [2.05, 4.69) is 46.8 Å². The van der Waals surface area contributed by atoms with Crippen molar-refractivity contribution in [1.82, 2.24) is 14.3 Å². The summed E-state index contributed by atoms with van der Waals surface area (Å²) in [7, 11) is 1.70. The highest BCUT2D eigenvalue weighted by molar-refractivity contribution is 5.70. The van der Waals surface area contributed by atoms with E-state index in [-0.39, 0.29) is 0 Å². The Kier molecular flexibility index (Phi) is 5.14. The number of likely N-dealkylation sites (tertiary alicyclic amines) is 1. The van der Waals surface area contributed by atoms with Gasteiger partial charge in [0.2, 0.25) is 0 Å². The molecule has 1 saturated heterocycles. The average Bonchev–Trinajstić information content (AvgIpc) is 3.17. The second kappa shape index (κ2) is 7.71. The van der Waals surface area contributed by atoms with Crippen molar-refractivity contribution in [1.29, 1.82) is 0 Å². The second-order valence-corrected chi connectivity index (χ2v) is 7.42. The van der Waals surface area contributed by atoms with Crippen LogP contribution in [-0.4, -0.2) is 47.1 Å². The van der Waals surface area contributed by atoms with E-state index in [9.17, 15) is 0 Å². The number of aromatic nitrogens is 2. The molecule has 3 heterocycles. The molecule has 1 fully saturated rings. The molecule has 1 unspecified atom stereocenters. The standard InChI is InChI=1S/C22H28N4O/c1-16(14-23)25-12-9-17(10-13-25)18-7-5-11-26-15-20(24-22(18)26)19-6-3-4-8-21(19)27-2/h3-8,11,15-17H,9-10,12-14,23H2,1-2H3. The molecule has 0 radical (unpaired) electrons. The number of nitrogens with zero attached hydrogens (tertiary/aromatic N) is 3. The molecule has 5 heteroatoms. The third-order valence-corrected chi connectivity index (χ3v) is 5.83. The Labute approximate surface area is 160 Å². The van der Waals surface area contributed by atoms with Crippen LogP contribution in [0, 0.1) is 0 Å². The zero-order valence-corrected chi connectivity index (χ0v) is 16.1. The number of imidazole rings is 1. The van der Waals surface area contributed by atoms with E-state index >= 15 is 0 Å². The van der Waals surface area contributed by atoms with E-state index in [4.69, 9.17) is 15.5 Å². The van der Waals surface area contributed by atoms with Gasteiger partial charge in [0, 0.05) is 30.5 Å². The molecule has 1 aromatic carbocycles. The predicted octanol–water partition coefficient (Wildman–Crippen LogP) is 3.54. The highest BCUT2D eigenvalue weighted by Crippen LogP contribution is 2.34. The van der Waals surface area contributed by atoms with E-state index in [0.29, 0.717) is 12.0 Å². The number of ether oxygens (including phenoxy) is 1. The van der Waals surface area contributed by atoms with Crippen LogP contribution >= 0.6 is 0 Å². The normalized spacial score (nSPS) is 17.3. The minimum absolute atomic E-state index is 0.463. The lowest BCUT2D eigenvalue weighted by Gasteiger charge is -2.35. The molecule has 1 aliphatic heterocycles.